The summed E-state index contributed by atoms with van der Waals surface area (Å²) in [6.07, 6.45) is 0.376. The SMILES string of the molecule is NCCc1ccc(OC(F)F)cc1F. The van der Waals surface area contributed by atoms with Crippen LogP contribution in [0.1, 0.15) is 5.56 Å². The fraction of sp³-hybridized carbons (Fsp3) is 0.333. The van der Waals surface area contributed by atoms with E-state index >= 15 is 0 Å². The largest absolute Gasteiger partial charge is 0.435 e. The van der Waals surface area contributed by atoms with Crippen molar-refractivity contribution < 1.29 is 17.9 Å². The Balaban J connectivity index is 2.78. The summed E-state index contributed by atoms with van der Waals surface area (Å²) in [4.78, 5) is 0. The molecule has 0 saturated carbocycles. The van der Waals surface area contributed by atoms with Crippen molar-refractivity contribution in [2.24, 2.45) is 5.73 Å². The van der Waals surface area contributed by atoms with Gasteiger partial charge in [0.15, 0.2) is 0 Å². The lowest BCUT2D eigenvalue weighted by atomic mass is 10.1. The number of hydrogen-bond donors (Lipinski definition) is 1. The quantitative estimate of drug-likeness (QED) is 0.815. The zero-order valence-corrected chi connectivity index (χ0v) is 7.34. The molecular formula is C9H10F3NO. The maximum atomic E-state index is 13.1. The second-order valence-electron chi connectivity index (χ2n) is 2.67. The first kappa shape index (κ1) is 10.8. The molecule has 0 heterocycles. The average molecular weight is 205 g/mol. The third-order valence-electron chi connectivity index (χ3n) is 1.66. The normalized spacial score (nSPS) is 10.6. The zero-order valence-electron chi connectivity index (χ0n) is 7.34. The van der Waals surface area contributed by atoms with Gasteiger partial charge in [0.25, 0.3) is 0 Å². The van der Waals surface area contributed by atoms with E-state index in [1.54, 1.807) is 0 Å². The summed E-state index contributed by atoms with van der Waals surface area (Å²) in [5, 5.41) is 0. The first-order valence-electron chi connectivity index (χ1n) is 4.07. The lowest BCUT2D eigenvalue weighted by molar-refractivity contribution is -0.0500. The fourth-order valence-corrected chi connectivity index (χ4v) is 1.06. The topological polar surface area (TPSA) is 35.2 Å². The van der Waals surface area contributed by atoms with E-state index in [0.29, 0.717) is 18.5 Å². The van der Waals surface area contributed by atoms with Gasteiger partial charge in [-0.05, 0) is 24.6 Å². The third-order valence-corrected chi connectivity index (χ3v) is 1.66. The van der Waals surface area contributed by atoms with Gasteiger partial charge in [-0.1, -0.05) is 6.07 Å². The molecule has 1 aromatic rings. The maximum absolute atomic E-state index is 13.1. The van der Waals surface area contributed by atoms with E-state index in [-0.39, 0.29) is 5.75 Å². The molecule has 0 aliphatic heterocycles. The highest BCUT2D eigenvalue weighted by Crippen LogP contribution is 2.18. The Morgan fingerprint density at radius 2 is 2.07 bits per heavy atom. The molecule has 1 aromatic carbocycles. The van der Waals surface area contributed by atoms with Gasteiger partial charge in [0, 0.05) is 6.07 Å². The number of nitrogens with two attached hydrogens (primary N) is 1. The van der Waals surface area contributed by atoms with E-state index in [2.05, 4.69) is 4.74 Å². The fourth-order valence-electron chi connectivity index (χ4n) is 1.06. The Labute approximate surface area is 79.5 Å². The van der Waals surface area contributed by atoms with Crippen molar-refractivity contribution in [2.75, 3.05) is 6.54 Å². The molecule has 0 atom stereocenters. The number of halogens is 3. The van der Waals surface area contributed by atoms with Crippen LogP contribution in [-0.2, 0) is 6.42 Å². The molecule has 0 radical (unpaired) electrons. The summed E-state index contributed by atoms with van der Waals surface area (Å²) in [7, 11) is 0. The number of benzene rings is 1. The highest BCUT2D eigenvalue weighted by atomic mass is 19.3. The molecule has 0 unspecified atom stereocenters. The summed E-state index contributed by atoms with van der Waals surface area (Å²) in [5.74, 6) is -0.758. The minimum atomic E-state index is -2.94. The van der Waals surface area contributed by atoms with Crippen LogP contribution in [0.5, 0.6) is 5.75 Å². The summed E-state index contributed by atoms with van der Waals surface area (Å²) in [5.41, 5.74) is 5.63. The van der Waals surface area contributed by atoms with Crippen LogP contribution in [0.4, 0.5) is 13.2 Å². The highest BCUT2D eigenvalue weighted by Gasteiger charge is 2.07. The first-order chi connectivity index (χ1) is 6.63. The van der Waals surface area contributed by atoms with Gasteiger partial charge in [0.2, 0.25) is 0 Å². The first-order valence-corrected chi connectivity index (χ1v) is 4.07. The smallest absolute Gasteiger partial charge is 0.387 e. The Hall–Kier alpha value is -1.23. The van der Waals surface area contributed by atoms with Gasteiger partial charge < -0.3 is 10.5 Å². The zero-order chi connectivity index (χ0) is 10.6. The number of ether oxygens (including phenoxy) is 1. The highest BCUT2D eigenvalue weighted by molar-refractivity contribution is 5.29. The van der Waals surface area contributed by atoms with Crippen LogP contribution in [0.25, 0.3) is 0 Å². The third kappa shape index (κ3) is 2.92. The summed E-state index contributed by atoms with van der Waals surface area (Å²) in [6.45, 7) is -2.62. The van der Waals surface area contributed by atoms with Crippen LogP contribution < -0.4 is 10.5 Å². The molecule has 0 aliphatic carbocycles. The van der Waals surface area contributed by atoms with Crippen LogP contribution in [0.15, 0.2) is 18.2 Å². The molecular weight excluding hydrogens is 195 g/mol. The van der Waals surface area contributed by atoms with Crippen molar-refractivity contribution >= 4 is 0 Å². The Morgan fingerprint density at radius 1 is 1.36 bits per heavy atom. The van der Waals surface area contributed by atoms with Gasteiger partial charge in [-0.2, -0.15) is 8.78 Å². The van der Waals surface area contributed by atoms with Gasteiger partial charge in [-0.25, -0.2) is 4.39 Å². The summed E-state index contributed by atoms with van der Waals surface area (Å²) in [6, 6.07) is 3.61. The Morgan fingerprint density at radius 3 is 2.57 bits per heavy atom. The van der Waals surface area contributed by atoms with E-state index in [1.807, 2.05) is 0 Å². The van der Waals surface area contributed by atoms with Crippen LogP contribution in [0, 0.1) is 5.82 Å². The van der Waals surface area contributed by atoms with Gasteiger partial charge in [-0.15, -0.1) is 0 Å². The monoisotopic (exact) mass is 205 g/mol. The molecule has 2 N–H and O–H groups in total. The van der Waals surface area contributed by atoms with Crippen LogP contribution in [0.3, 0.4) is 0 Å². The number of hydrogen-bond acceptors (Lipinski definition) is 2. The van der Waals surface area contributed by atoms with Gasteiger partial charge >= 0.3 is 6.61 Å². The Kier molecular flexibility index (Phi) is 3.76. The molecule has 78 valence electrons. The predicted octanol–water partition coefficient (Wildman–Crippen LogP) is 1.93. The van der Waals surface area contributed by atoms with Crippen molar-refractivity contribution in [1.82, 2.24) is 0 Å². The lowest BCUT2D eigenvalue weighted by Crippen LogP contribution is -2.06. The van der Waals surface area contributed by atoms with E-state index in [4.69, 9.17) is 5.73 Å². The minimum absolute atomic E-state index is 0.182. The van der Waals surface area contributed by atoms with Crippen LogP contribution in [0.2, 0.25) is 0 Å². The van der Waals surface area contributed by atoms with Gasteiger partial charge in [0.05, 0.1) is 0 Å². The number of rotatable bonds is 4. The molecule has 0 amide bonds. The van der Waals surface area contributed by atoms with E-state index in [0.717, 1.165) is 6.07 Å². The van der Waals surface area contributed by atoms with Crippen molar-refractivity contribution in [3.05, 3.63) is 29.6 Å². The van der Waals surface area contributed by atoms with Gasteiger partial charge in [0.1, 0.15) is 11.6 Å². The van der Waals surface area contributed by atoms with Gasteiger partial charge in [-0.3, -0.25) is 0 Å². The predicted molar refractivity (Wildman–Crippen MR) is 45.8 cm³/mol. The summed E-state index contributed by atoms with van der Waals surface area (Å²) < 4.78 is 40.6. The van der Waals surface area contributed by atoms with E-state index in [1.165, 1.54) is 12.1 Å². The van der Waals surface area contributed by atoms with Crippen LogP contribution in [-0.4, -0.2) is 13.2 Å². The van der Waals surface area contributed by atoms with Crippen molar-refractivity contribution in [3.8, 4) is 5.75 Å². The molecule has 0 saturated heterocycles. The van der Waals surface area contributed by atoms with Crippen molar-refractivity contribution in [1.29, 1.82) is 0 Å². The molecule has 2 nitrogen and oxygen atoms in total. The second kappa shape index (κ2) is 4.85. The molecule has 0 spiro atoms. The van der Waals surface area contributed by atoms with Crippen LogP contribution >= 0.6 is 0 Å². The molecule has 0 bridgehead atoms. The molecule has 0 aliphatic rings. The Bertz CT molecular complexity index is 304. The molecule has 14 heavy (non-hydrogen) atoms. The number of alkyl halides is 2. The lowest BCUT2D eigenvalue weighted by Gasteiger charge is -2.06. The summed E-state index contributed by atoms with van der Waals surface area (Å²) >= 11 is 0. The van der Waals surface area contributed by atoms with E-state index < -0.39 is 12.4 Å². The molecule has 0 aromatic heterocycles. The average Bonchev–Trinajstić information content (AvgIpc) is 2.09. The molecule has 1 rings (SSSR count). The minimum Gasteiger partial charge on any atom is -0.435 e. The van der Waals surface area contributed by atoms with Crippen molar-refractivity contribution in [3.63, 3.8) is 0 Å². The maximum Gasteiger partial charge on any atom is 0.387 e. The standard InChI is InChI=1S/C9H10F3NO/c10-8-5-7(14-9(11)12)2-1-6(8)3-4-13/h1-2,5,9H,3-4,13H2. The molecule has 0 fully saturated rings. The van der Waals surface area contributed by atoms with E-state index in [9.17, 15) is 13.2 Å². The molecule has 5 heteroatoms. The second-order valence-corrected chi connectivity index (χ2v) is 2.67. The van der Waals surface area contributed by atoms with Crippen molar-refractivity contribution in [2.45, 2.75) is 13.0 Å².